The average Bonchev–Trinajstić information content (AvgIpc) is 3.12. The molecule has 184 valence electrons. The number of hydrogen-bond acceptors (Lipinski definition) is 6. The molecule has 2 heterocycles. The van der Waals surface area contributed by atoms with E-state index in [0.717, 1.165) is 14.3 Å². The number of amides is 6. The van der Waals surface area contributed by atoms with E-state index in [9.17, 15) is 24.0 Å². The normalized spacial score (nSPS) is 16.4. The number of rotatable bonds is 5. The molecule has 6 amide bonds. The fourth-order valence-corrected chi connectivity index (χ4v) is 4.48. The van der Waals surface area contributed by atoms with Crippen molar-refractivity contribution in [1.82, 2.24) is 10.2 Å². The van der Waals surface area contributed by atoms with Crippen molar-refractivity contribution in [3.8, 4) is 5.75 Å². The highest BCUT2D eigenvalue weighted by atomic mass is 79.9. The summed E-state index contributed by atoms with van der Waals surface area (Å²) in [6.45, 7) is -0.0732. The molecule has 0 aliphatic carbocycles. The fraction of sp³-hybridized carbons (Fsp3) is 0.0741. The van der Waals surface area contributed by atoms with Crippen LogP contribution >= 0.6 is 15.9 Å². The van der Waals surface area contributed by atoms with Crippen LogP contribution in [-0.2, 0) is 16.1 Å². The lowest BCUT2D eigenvalue weighted by Crippen LogP contribution is -2.54. The maximum absolute atomic E-state index is 13.2. The summed E-state index contributed by atoms with van der Waals surface area (Å²) in [4.78, 5) is 65.8. The zero-order valence-corrected chi connectivity index (χ0v) is 20.9. The van der Waals surface area contributed by atoms with E-state index in [1.165, 1.54) is 13.2 Å². The number of imide groups is 3. The Bertz CT molecular complexity index is 1490. The van der Waals surface area contributed by atoms with Crippen LogP contribution in [0.5, 0.6) is 5.75 Å². The number of anilines is 1. The first-order valence-corrected chi connectivity index (χ1v) is 11.9. The number of fused-ring (bicyclic) bond motifs is 1. The van der Waals surface area contributed by atoms with Gasteiger partial charge in [0.15, 0.2) is 0 Å². The van der Waals surface area contributed by atoms with Crippen molar-refractivity contribution in [2.45, 2.75) is 6.54 Å². The summed E-state index contributed by atoms with van der Waals surface area (Å²) in [6.07, 6.45) is 1.35. The van der Waals surface area contributed by atoms with E-state index in [4.69, 9.17) is 4.74 Å². The molecule has 0 spiro atoms. The van der Waals surface area contributed by atoms with E-state index in [-0.39, 0.29) is 12.1 Å². The Hall–Kier alpha value is -4.57. The van der Waals surface area contributed by atoms with Crippen molar-refractivity contribution >= 4 is 57.4 Å². The molecule has 37 heavy (non-hydrogen) atoms. The second-order valence-electron chi connectivity index (χ2n) is 8.25. The maximum Gasteiger partial charge on any atom is 0.335 e. The molecular formula is C27H18BrN3O6. The van der Waals surface area contributed by atoms with Crippen LogP contribution in [0.3, 0.4) is 0 Å². The standard InChI is InChI=1S/C27H18BrN3O6/c1-37-22-11-6-15(12-16(22)14-30-24(33)19-4-2-3-5-20(19)25(30)34)13-21-23(32)29-27(36)31(26(21)35)18-9-7-17(28)8-10-18/h2-13H,14H2,1H3,(H,29,32,36). The summed E-state index contributed by atoms with van der Waals surface area (Å²) in [5.41, 5.74) is 1.63. The van der Waals surface area contributed by atoms with Gasteiger partial charge in [-0.15, -0.1) is 0 Å². The molecule has 2 aliphatic heterocycles. The summed E-state index contributed by atoms with van der Waals surface area (Å²) in [5.74, 6) is -2.03. The summed E-state index contributed by atoms with van der Waals surface area (Å²) >= 11 is 3.31. The first kappa shape index (κ1) is 24.1. The van der Waals surface area contributed by atoms with Crippen LogP contribution in [0.4, 0.5) is 10.5 Å². The van der Waals surface area contributed by atoms with Gasteiger partial charge in [-0.05, 0) is 60.2 Å². The number of hydrogen-bond donors (Lipinski definition) is 1. The van der Waals surface area contributed by atoms with Gasteiger partial charge in [0.05, 0.1) is 30.5 Å². The number of ether oxygens (including phenoxy) is 1. The maximum atomic E-state index is 13.2. The Morgan fingerprint density at radius 1 is 0.865 bits per heavy atom. The van der Waals surface area contributed by atoms with Gasteiger partial charge in [-0.1, -0.05) is 34.1 Å². The monoisotopic (exact) mass is 559 g/mol. The molecular weight excluding hydrogens is 542 g/mol. The minimum Gasteiger partial charge on any atom is -0.496 e. The van der Waals surface area contributed by atoms with Gasteiger partial charge in [0.1, 0.15) is 11.3 Å². The molecule has 1 saturated heterocycles. The second-order valence-corrected chi connectivity index (χ2v) is 9.16. The minimum absolute atomic E-state index is 0.0732. The lowest BCUT2D eigenvalue weighted by atomic mass is 10.0. The average molecular weight is 560 g/mol. The second kappa shape index (κ2) is 9.47. The molecule has 0 atom stereocenters. The molecule has 0 unspecified atom stereocenters. The zero-order valence-electron chi connectivity index (χ0n) is 19.4. The molecule has 2 aliphatic rings. The van der Waals surface area contributed by atoms with Gasteiger partial charge in [0.25, 0.3) is 23.6 Å². The van der Waals surface area contributed by atoms with E-state index in [0.29, 0.717) is 33.7 Å². The molecule has 0 saturated carbocycles. The summed E-state index contributed by atoms with van der Waals surface area (Å²) in [7, 11) is 1.46. The Balaban J connectivity index is 1.47. The van der Waals surface area contributed by atoms with Gasteiger partial charge >= 0.3 is 6.03 Å². The predicted octanol–water partition coefficient (Wildman–Crippen LogP) is 3.92. The number of nitrogens with one attached hydrogen (secondary N) is 1. The predicted molar refractivity (Wildman–Crippen MR) is 137 cm³/mol. The molecule has 1 N–H and O–H groups in total. The van der Waals surface area contributed by atoms with E-state index in [2.05, 4.69) is 21.2 Å². The third-order valence-electron chi connectivity index (χ3n) is 6.01. The molecule has 0 radical (unpaired) electrons. The summed E-state index contributed by atoms with van der Waals surface area (Å²) in [6, 6.07) is 17.1. The van der Waals surface area contributed by atoms with Crippen molar-refractivity contribution in [1.29, 1.82) is 0 Å². The highest BCUT2D eigenvalue weighted by Crippen LogP contribution is 2.29. The third kappa shape index (κ3) is 4.31. The number of nitrogens with zero attached hydrogens (tertiary/aromatic N) is 2. The van der Waals surface area contributed by atoms with Crippen LogP contribution in [0.25, 0.3) is 6.08 Å². The van der Waals surface area contributed by atoms with E-state index in [1.807, 2.05) is 0 Å². The lowest BCUT2D eigenvalue weighted by Gasteiger charge is -2.26. The van der Waals surface area contributed by atoms with Crippen LogP contribution in [0.15, 0.2) is 76.8 Å². The Morgan fingerprint density at radius 3 is 2.14 bits per heavy atom. The molecule has 0 bridgehead atoms. The number of halogens is 1. The summed E-state index contributed by atoms with van der Waals surface area (Å²) < 4.78 is 6.18. The number of benzene rings is 3. The molecule has 3 aromatic rings. The van der Waals surface area contributed by atoms with Crippen LogP contribution in [0, 0.1) is 0 Å². The van der Waals surface area contributed by atoms with Gasteiger partial charge in [0.2, 0.25) is 0 Å². The van der Waals surface area contributed by atoms with Crippen molar-refractivity contribution < 1.29 is 28.7 Å². The molecule has 10 heteroatoms. The Morgan fingerprint density at radius 2 is 1.51 bits per heavy atom. The number of urea groups is 1. The quantitative estimate of drug-likeness (QED) is 0.288. The van der Waals surface area contributed by atoms with Crippen molar-refractivity contribution in [2.24, 2.45) is 0 Å². The van der Waals surface area contributed by atoms with Gasteiger partial charge < -0.3 is 4.74 Å². The van der Waals surface area contributed by atoms with Crippen LogP contribution in [0.1, 0.15) is 31.8 Å². The van der Waals surface area contributed by atoms with Crippen LogP contribution in [-0.4, -0.2) is 41.7 Å². The summed E-state index contributed by atoms with van der Waals surface area (Å²) in [5, 5.41) is 2.19. The van der Waals surface area contributed by atoms with E-state index < -0.39 is 29.7 Å². The van der Waals surface area contributed by atoms with Crippen molar-refractivity contribution in [3.63, 3.8) is 0 Å². The molecule has 9 nitrogen and oxygen atoms in total. The van der Waals surface area contributed by atoms with Gasteiger partial charge in [-0.3, -0.25) is 29.4 Å². The van der Waals surface area contributed by atoms with E-state index in [1.54, 1.807) is 66.7 Å². The largest absolute Gasteiger partial charge is 0.496 e. The Labute approximate surface area is 219 Å². The van der Waals surface area contributed by atoms with Crippen molar-refractivity contribution in [2.75, 3.05) is 12.0 Å². The van der Waals surface area contributed by atoms with Crippen molar-refractivity contribution in [3.05, 3.63) is 99.0 Å². The van der Waals surface area contributed by atoms with Gasteiger partial charge in [0, 0.05) is 10.0 Å². The van der Waals surface area contributed by atoms with Crippen LogP contribution < -0.4 is 15.0 Å². The molecule has 3 aromatic carbocycles. The molecule has 0 aromatic heterocycles. The first-order valence-electron chi connectivity index (χ1n) is 11.1. The number of carbonyl (C=O) groups is 5. The van der Waals surface area contributed by atoms with Crippen LogP contribution in [0.2, 0.25) is 0 Å². The third-order valence-corrected chi connectivity index (χ3v) is 6.54. The minimum atomic E-state index is -0.851. The topological polar surface area (TPSA) is 113 Å². The van der Waals surface area contributed by atoms with Gasteiger partial charge in [-0.2, -0.15) is 0 Å². The SMILES string of the molecule is COc1ccc(C=C2C(=O)NC(=O)N(c3ccc(Br)cc3)C2=O)cc1CN1C(=O)c2ccccc2C1=O. The first-order chi connectivity index (χ1) is 17.8. The highest BCUT2D eigenvalue weighted by Gasteiger charge is 2.37. The highest BCUT2D eigenvalue weighted by molar-refractivity contribution is 9.10. The number of carbonyl (C=O) groups excluding carboxylic acids is 5. The zero-order chi connectivity index (χ0) is 26.3. The number of barbiturate groups is 1. The Kier molecular flexibility index (Phi) is 6.18. The smallest absolute Gasteiger partial charge is 0.335 e. The lowest BCUT2D eigenvalue weighted by molar-refractivity contribution is -0.122. The molecule has 5 rings (SSSR count). The fourth-order valence-electron chi connectivity index (χ4n) is 4.21. The van der Waals surface area contributed by atoms with Gasteiger partial charge in [-0.25, -0.2) is 9.69 Å². The number of methoxy groups -OCH3 is 1. The molecule has 1 fully saturated rings. The van der Waals surface area contributed by atoms with E-state index >= 15 is 0 Å².